The number of aryl methyl sites for hydroxylation is 1. The van der Waals surface area contributed by atoms with E-state index in [1.807, 2.05) is 35.2 Å². The van der Waals surface area contributed by atoms with Gasteiger partial charge in [-0.05, 0) is 35.7 Å². The molecule has 2 aromatic carbocycles. The van der Waals surface area contributed by atoms with Crippen molar-refractivity contribution in [2.75, 3.05) is 13.1 Å². The fourth-order valence-corrected chi connectivity index (χ4v) is 5.22. The van der Waals surface area contributed by atoms with E-state index in [0.717, 1.165) is 30.1 Å². The summed E-state index contributed by atoms with van der Waals surface area (Å²) in [6.45, 7) is 4.53. The maximum absolute atomic E-state index is 12.8. The lowest BCUT2D eigenvalue weighted by molar-refractivity contribution is -0.138. The van der Waals surface area contributed by atoms with Crippen LogP contribution in [0.1, 0.15) is 35.6 Å². The number of ether oxygens (including phenoxy) is 1. The fraction of sp³-hybridized carbons (Fsp3) is 0.409. The second-order valence-electron chi connectivity index (χ2n) is 7.88. The Morgan fingerprint density at radius 2 is 2.04 bits per heavy atom. The van der Waals surface area contributed by atoms with Crippen LogP contribution >= 0.6 is 11.6 Å². The number of carbonyl (C=O) groups excluding carboxylic acids is 1. The highest BCUT2D eigenvalue weighted by atomic mass is 35.5. The Balaban J connectivity index is 1.40. The molecule has 0 radical (unpaired) electrons. The first-order valence-electron chi connectivity index (χ1n) is 9.59. The zero-order valence-electron chi connectivity index (χ0n) is 15.4. The lowest BCUT2D eigenvalue weighted by Crippen LogP contribution is -2.47. The Morgan fingerprint density at radius 3 is 2.81 bits per heavy atom. The van der Waals surface area contributed by atoms with Crippen molar-refractivity contribution in [2.45, 2.75) is 44.2 Å². The van der Waals surface area contributed by atoms with Crippen LogP contribution in [-0.4, -0.2) is 40.6 Å². The van der Waals surface area contributed by atoms with E-state index in [-0.39, 0.29) is 18.1 Å². The molecule has 140 valence electrons. The summed E-state index contributed by atoms with van der Waals surface area (Å²) in [4.78, 5) is 17.2. The third kappa shape index (κ3) is 2.70. The molecule has 3 fully saturated rings. The average Bonchev–Trinajstić information content (AvgIpc) is 3.28. The maximum atomic E-state index is 12.8. The largest absolute Gasteiger partial charge is 0.344 e. The average molecular weight is 383 g/mol. The molecule has 27 heavy (non-hydrogen) atoms. The number of halogens is 1. The number of hydrogen-bond donors (Lipinski definition) is 0. The van der Waals surface area contributed by atoms with Crippen LogP contribution in [0.4, 0.5) is 0 Å². The van der Waals surface area contributed by atoms with Crippen LogP contribution in [0.2, 0.25) is 5.02 Å². The van der Waals surface area contributed by atoms with Crippen molar-refractivity contribution in [3.8, 4) is 0 Å². The molecule has 3 heterocycles. The third-order valence-electron chi connectivity index (χ3n) is 6.39. The summed E-state index contributed by atoms with van der Waals surface area (Å²) in [5.41, 5.74) is 3.15. The topological polar surface area (TPSA) is 32.8 Å². The molecule has 2 aromatic rings. The number of amides is 1. The molecular formula is C22H23ClN2O2. The standard InChI is InChI=1S/C22H23ClN2O2/c1-15-11-18(23)8-7-17(15)13-24-10-9-22-20(24)12-21(26)25(22)14-19(27-22)16-5-3-2-4-6-16/h2-8,11,19-20H,9-10,12-14H2,1H3/t19-,20-,22+/m1/s1. The highest BCUT2D eigenvalue weighted by Gasteiger charge is 2.63. The van der Waals surface area contributed by atoms with Crippen molar-refractivity contribution in [3.05, 3.63) is 70.2 Å². The summed E-state index contributed by atoms with van der Waals surface area (Å²) in [5.74, 6) is 0.218. The monoisotopic (exact) mass is 382 g/mol. The van der Waals surface area contributed by atoms with E-state index in [2.05, 4.69) is 30.0 Å². The molecule has 3 atom stereocenters. The molecule has 5 rings (SSSR count). The number of carbonyl (C=O) groups is 1. The van der Waals surface area contributed by atoms with Crippen LogP contribution < -0.4 is 0 Å². The van der Waals surface area contributed by atoms with Crippen LogP contribution in [-0.2, 0) is 16.1 Å². The van der Waals surface area contributed by atoms with Gasteiger partial charge in [-0.25, -0.2) is 0 Å². The van der Waals surface area contributed by atoms with Gasteiger partial charge in [0.15, 0.2) is 5.72 Å². The zero-order chi connectivity index (χ0) is 18.6. The molecular weight excluding hydrogens is 360 g/mol. The predicted octanol–water partition coefficient (Wildman–Crippen LogP) is 3.92. The van der Waals surface area contributed by atoms with Gasteiger partial charge in [-0.3, -0.25) is 9.69 Å². The third-order valence-corrected chi connectivity index (χ3v) is 6.62. The van der Waals surface area contributed by atoms with Gasteiger partial charge in [0.25, 0.3) is 0 Å². The molecule has 1 spiro atoms. The van der Waals surface area contributed by atoms with Crippen LogP contribution in [0.25, 0.3) is 0 Å². The predicted molar refractivity (Wildman–Crippen MR) is 104 cm³/mol. The first-order chi connectivity index (χ1) is 13.1. The molecule has 0 aliphatic carbocycles. The molecule has 5 heteroatoms. The molecule has 0 N–H and O–H groups in total. The summed E-state index contributed by atoms with van der Waals surface area (Å²) < 4.78 is 6.61. The Bertz CT molecular complexity index is 887. The summed E-state index contributed by atoms with van der Waals surface area (Å²) in [6, 6.07) is 16.4. The molecule has 3 aliphatic heterocycles. The van der Waals surface area contributed by atoms with Gasteiger partial charge < -0.3 is 9.64 Å². The number of rotatable bonds is 3. The van der Waals surface area contributed by atoms with E-state index in [0.29, 0.717) is 13.0 Å². The summed E-state index contributed by atoms with van der Waals surface area (Å²) in [7, 11) is 0. The Labute approximate surface area is 164 Å². The van der Waals surface area contributed by atoms with Gasteiger partial charge in [0.05, 0.1) is 12.6 Å². The number of nitrogens with zero attached hydrogens (tertiary/aromatic N) is 2. The molecule has 0 bridgehead atoms. The van der Waals surface area contributed by atoms with Gasteiger partial charge in [-0.1, -0.05) is 48.0 Å². The van der Waals surface area contributed by atoms with Crippen LogP contribution in [0.5, 0.6) is 0 Å². The van der Waals surface area contributed by atoms with Crippen molar-refractivity contribution < 1.29 is 9.53 Å². The second-order valence-corrected chi connectivity index (χ2v) is 8.31. The minimum atomic E-state index is -0.460. The quantitative estimate of drug-likeness (QED) is 0.806. The van der Waals surface area contributed by atoms with Crippen molar-refractivity contribution >= 4 is 17.5 Å². The van der Waals surface area contributed by atoms with E-state index < -0.39 is 5.72 Å². The van der Waals surface area contributed by atoms with Crippen molar-refractivity contribution in [1.29, 1.82) is 0 Å². The lowest BCUT2D eigenvalue weighted by atomic mass is 10.0. The van der Waals surface area contributed by atoms with Gasteiger partial charge in [0.1, 0.15) is 6.10 Å². The molecule has 0 saturated carbocycles. The molecule has 3 saturated heterocycles. The van der Waals surface area contributed by atoms with E-state index >= 15 is 0 Å². The minimum absolute atomic E-state index is 0.0323. The SMILES string of the molecule is Cc1cc(Cl)ccc1CN1CC[C@@]23O[C@@H](c4ccccc4)CN2C(=O)C[C@@H]13. The zero-order valence-corrected chi connectivity index (χ0v) is 16.2. The maximum Gasteiger partial charge on any atom is 0.226 e. The smallest absolute Gasteiger partial charge is 0.226 e. The van der Waals surface area contributed by atoms with Crippen molar-refractivity contribution in [3.63, 3.8) is 0 Å². The van der Waals surface area contributed by atoms with Crippen molar-refractivity contribution in [2.24, 2.45) is 0 Å². The number of likely N-dealkylation sites (tertiary alicyclic amines) is 1. The molecule has 0 unspecified atom stereocenters. The highest BCUT2D eigenvalue weighted by molar-refractivity contribution is 6.30. The van der Waals surface area contributed by atoms with Crippen LogP contribution in [0.15, 0.2) is 48.5 Å². The van der Waals surface area contributed by atoms with Gasteiger partial charge in [-0.2, -0.15) is 0 Å². The summed E-state index contributed by atoms with van der Waals surface area (Å²) in [5, 5.41) is 0.765. The van der Waals surface area contributed by atoms with E-state index in [1.165, 1.54) is 11.1 Å². The minimum Gasteiger partial charge on any atom is -0.344 e. The number of hydrogen-bond acceptors (Lipinski definition) is 3. The van der Waals surface area contributed by atoms with Gasteiger partial charge in [0.2, 0.25) is 5.91 Å². The highest BCUT2D eigenvalue weighted by Crippen LogP contribution is 2.50. The summed E-state index contributed by atoms with van der Waals surface area (Å²) >= 11 is 6.10. The normalized spacial score (nSPS) is 30.0. The Hall–Kier alpha value is -1.88. The van der Waals surface area contributed by atoms with Gasteiger partial charge >= 0.3 is 0 Å². The molecule has 3 aliphatic rings. The Kier molecular flexibility index (Phi) is 4.04. The van der Waals surface area contributed by atoms with Gasteiger partial charge in [0, 0.05) is 31.0 Å². The van der Waals surface area contributed by atoms with Crippen LogP contribution in [0, 0.1) is 6.92 Å². The molecule has 0 aromatic heterocycles. The van der Waals surface area contributed by atoms with E-state index in [1.54, 1.807) is 0 Å². The lowest BCUT2D eigenvalue weighted by Gasteiger charge is -2.32. The van der Waals surface area contributed by atoms with Crippen LogP contribution in [0.3, 0.4) is 0 Å². The summed E-state index contributed by atoms with van der Waals surface area (Å²) in [6.07, 6.45) is 1.39. The first-order valence-corrected chi connectivity index (χ1v) is 9.97. The van der Waals surface area contributed by atoms with E-state index in [9.17, 15) is 4.79 Å². The first kappa shape index (κ1) is 17.2. The molecule has 4 nitrogen and oxygen atoms in total. The fourth-order valence-electron chi connectivity index (χ4n) is 4.99. The molecule has 1 amide bonds. The second kappa shape index (κ2) is 6.33. The van der Waals surface area contributed by atoms with E-state index in [4.69, 9.17) is 16.3 Å². The Morgan fingerprint density at radius 1 is 1.22 bits per heavy atom. The van der Waals surface area contributed by atoms with Crippen molar-refractivity contribution in [1.82, 2.24) is 9.80 Å². The van der Waals surface area contributed by atoms with Gasteiger partial charge in [-0.15, -0.1) is 0 Å². The number of benzene rings is 2.